The Labute approximate surface area is 153 Å². The lowest BCUT2D eigenvalue weighted by molar-refractivity contribution is 0.413. The maximum atomic E-state index is 12.7. The van der Waals surface area contributed by atoms with Crippen LogP contribution in [-0.2, 0) is 10.0 Å². The summed E-state index contributed by atoms with van der Waals surface area (Å²) in [6.45, 7) is 1.84. The van der Waals surface area contributed by atoms with E-state index in [1.165, 1.54) is 25.4 Å². The van der Waals surface area contributed by atoms with E-state index >= 15 is 0 Å². The first kappa shape index (κ1) is 18.2. The zero-order chi connectivity index (χ0) is 18.7. The van der Waals surface area contributed by atoms with E-state index in [1.54, 1.807) is 17.0 Å². The van der Waals surface area contributed by atoms with Gasteiger partial charge in [-0.05, 0) is 25.0 Å². The molecule has 1 aromatic carbocycles. The fraction of sp³-hybridized carbons (Fsp3) is 0.412. The average molecular weight is 377 g/mol. The minimum Gasteiger partial charge on any atom is -0.497 e. The molecule has 1 aromatic heterocycles. The molecule has 140 valence electrons. The molecule has 0 atom stereocenters. The van der Waals surface area contributed by atoms with Gasteiger partial charge >= 0.3 is 0 Å². The summed E-state index contributed by atoms with van der Waals surface area (Å²) < 4.78 is 33.2. The maximum absolute atomic E-state index is 12.7. The number of methoxy groups -OCH3 is 1. The Morgan fingerprint density at radius 3 is 2.62 bits per heavy atom. The molecule has 0 amide bonds. The Bertz CT molecular complexity index is 880. The monoisotopic (exact) mass is 377 g/mol. The molecular weight excluding hydrogens is 354 g/mol. The molecule has 0 bridgehead atoms. The summed E-state index contributed by atoms with van der Waals surface area (Å²) in [5.41, 5.74) is 0.334. The van der Waals surface area contributed by atoms with Crippen LogP contribution in [0.5, 0.6) is 5.75 Å². The quantitative estimate of drug-likeness (QED) is 0.823. The molecule has 0 radical (unpaired) electrons. The molecule has 3 rings (SSSR count). The Morgan fingerprint density at radius 1 is 1.23 bits per heavy atom. The van der Waals surface area contributed by atoms with Crippen molar-refractivity contribution in [2.24, 2.45) is 0 Å². The molecule has 2 aromatic rings. The molecule has 1 aliphatic rings. The number of anilines is 3. The van der Waals surface area contributed by atoms with Crippen molar-refractivity contribution >= 4 is 27.5 Å². The standard InChI is InChI=1S/C17H23N5O3S/c1-21(2)16-15(12-18-17(19-16)22-9-4-5-10-22)20-26(23,24)14-8-6-7-13(11-14)25-3/h6-8,11-12,20H,4-5,9-10H2,1-3H3. The summed E-state index contributed by atoms with van der Waals surface area (Å²) in [6.07, 6.45) is 3.75. The van der Waals surface area contributed by atoms with E-state index in [1.807, 2.05) is 14.1 Å². The van der Waals surface area contributed by atoms with Gasteiger partial charge in [0.05, 0.1) is 18.2 Å². The third-order valence-corrected chi connectivity index (χ3v) is 5.53. The lowest BCUT2D eigenvalue weighted by Gasteiger charge is -2.21. The van der Waals surface area contributed by atoms with Gasteiger partial charge in [-0.15, -0.1) is 0 Å². The predicted octanol–water partition coefficient (Wildman–Crippen LogP) is 1.95. The van der Waals surface area contributed by atoms with Crippen LogP contribution in [0.4, 0.5) is 17.5 Å². The second-order valence-electron chi connectivity index (χ2n) is 6.28. The van der Waals surface area contributed by atoms with Crippen molar-refractivity contribution in [1.82, 2.24) is 9.97 Å². The minimum absolute atomic E-state index is 0.116. The Kier molecular flexibility index (Phi) is 5.17. The molecule has 9 heteroatoms. The minimum atomic E-state index is -3.78. The Balaban J connectivity index is 1.92. The third kappa shape index (κ3) is 3.82. The number of ether oxygens (including phenoxy) is 1. The molecule has 0 spiro atoms. The van der Waals surface area contributed by atoms with E-state index in [-0.39, 0.29) is 4.90 Å². The highest BCUT2D eigenvalue weighted by Crippen LogP contribution is 2.28. The van der Waals surface area contributed by atoms with E-state index in [9.17, 15) is 8.42 Å². The van der Waals surface area contributed by atoms with E-state index in [2.05, 4.69) is 19.6 Å². The van der Waals surface area contributed by atoms with Crippen molar-refractivity contribution in [3.8, 4) is 5.75 Å². The molecule has 0 unspecified atom stereocenters. The molecule has 8 nitrogen and oxygen atoms in total. The first-order chi connectivity index (χ1) is 12.4. The fourth-order valence-electron chi connectivity index (χ4n) is 2.82. The zero-order valence-corrected chi connectivity index (χ0v) is 16.0. The predicted molar refractivity (Wildman–Crippen MR) is 102 cm³/mol. The number of nitrogens with one attached hydrogen (secondary N) is 1. The fourth-order valence-corrected chi connectivity index (χ4v) is 3.90. The summed E-state index contributed by atoms with van der Waals surface area (Å²) in [7, 11) is 1.35. The molecule has 1 saturated heterocycles. The van der Waals surface area contributed by atoms with Crippen molar-refractivity contribution < 1.29 is 13.2 Å². The summed E-state index contributed by atoms with van der Waals surface area (Å²) in [5, 5.41) is 0. The van der Waals surface area contributed by atoms with Gasteiger partial charge in [0, 0.05) is 33.3 Å². The first-order valence-electron chi connectivity index (χ1n) is 8.37. The van der Waals surface area contributed by atoms with E-state index < -0.39 is 10.0 Å². The molecule has 2 heterocycles. The van der Waals surface area contributed by atoms with Crippen LogP contribution < -0.4 is 19.3 Å². The number of rotatable bonds is 6. The molecule has 1 N–H and O–H groups in total. The Morgan fingerprint density at radius 2 is 1.96 bits per heavy atom. The van der Waals surface area contributed by atoms with E-state index in [0.717, 1.165) is 25.9 Å². The van der Waals surface area contributed by atoms with Crippen LogP contribution in [-0.4, -0.2) is 52.7 Å². The highest BCUT2D eigenvalue weighted by atomic mass is 32.2. The second kappa shape index (κ2) is 7.36. The SMILES string of the molecule is COc1cccc(S(=O)(=O)Nc2cnc(N3CCCC3)nc2N(C)C)c1. The van der Waals surface area contributed by atoms with Gasteiger partial charge in [0.2, 0.25) is 5.95 Å². The lowest BCUT2D eigenvalue weighted by atomic mass is 10.3. The average Bonchev–Trinajstić information content (AvgIpc) is 3.16. The molecular formula is C17H23N5O3S. The van der Waals surface area contributed by atoms with Gasteiger partial charge in [0.15, 0.2) is 5.82 Å². The van der Waals surface area contributed by atoms with Gasteiger partial charge in [-0.1, -0.05) is 6.07 Å². The van der Waals surface area contributed by atoms with Crippen molar-refractivity contribution in [2.45, 2.75) is 17.7 Å². The normalized spacial score (nSPS) is 14.3. The molecule has 0 saturated carbocycles. The van der Waals surface area contributed by atoms with Crippen LogP contribution in [0.3, 0.4) is 0 Å². The van der Waals surface area contributed by atoms with Crippen molar-refractivity contribution in [3.05, 3.63) is 30.5 Å². The smallest absolute Gasteiger partial charge is 0.262 e. The summed E-state index contributed by atoms with van der Waals surface area (Å²) >= 11 is 0. The van der Waals surface area contributed by atoms with E-state index in [0.29, 0.717) is 23.2 Å². The lowest BCUT2D eigenvalue weighted by Crippen LogP contribution is -2.24. The number of nitrogens with zero attached hydrogens (tertiary/aromatic N) is 4. The topological polar surface area (TPSA) is 87.7 Å². The molecule has 26 heavy (non-hydrogen) atoms. The van der Waals surface area contributed by atoms with E-state index in [4.69, 9.17) is 4.74 Å². The van der Waals surface area contributed by atoms with Crippen LogP contribution >= 0.6 is 0 Å². The van der Waals surface area contributed by atoms with Gasteiger partial charge in [-0.2, -0.15) is 4.98 Å². The van der Waals surface area contributed by atoms with Crippen molar-refractivity contribution in [1.29, 1.82) is 0 Å². The Hall–Kier alpha value is -2.55. The second-order valence-corrected chi connectivity index (χ2v) is 7.96. The van der Waals surface area contributed by atoms with Gasteiger partial charge < -0.3 is 14.5 Å². The number of hydrogen-bond donors (Lipinski definition) is 1. The molecule has 1 fully saturated rings. The van der Waals surface area contributed by atoms with Gasteiger partial charge in [-0.25, -0.2) is 13.4 Å². The van der Waals surface area contributed by atoms with Gasteiger partial charge in [-0.3, -0.25) is 4.72 Å². The summed E-state index contributed by atoms with van der Waals surface area (Å²) in [5.74, 6) is 1.62. The van der Waals surface area contributed by atoms with Crippen LogP contribution in [0.25, 0.3) is 0 Å². The third-order valence-electron chi connectivity index (χ3n) is 4.16. The summed E-state index contributed by atoms with van der Waals surface area (Å²) in [4.78, 5) is 12.9. The molecule has 0 aliphatic carbocycles. The summed E-state index contributed by atoms with van der Waals surface area (Å²) in [6, 6.07) is 6.31. The number of benzene rings is 1. The maximum Gasteiger partial charge on any atom is 0.262 e. The van der Waals surface area contributed by atoms with Crippen molar-refractivity contribution in [3.63, 3.8) is 0 Å². The van der Waals surface area contributed by atoms with Crippen LogP contribution in [0.15, 0.2) is 35.4 Å². The molecule has 1 aliphatic heterocycles. The number of aromatic nitrogens is 2. The van der Waals surface area contributed by atoms with Gasteiger partial charge in [0.25, 0.3) is 10.0 Å². The van der Waals surface area contributed by atoms with Crippen LogP contribution in [0.1, 0.15) is 12.8 Å². The highest BCUT2D eigenvalue weighted by Gasteiger charge is 2.21. The number of hydrogen-bond acceptors (Lipinski definition) is 7. The first-order valence-corrected chi connectivity index (χ1v) is 9.85. The zero-order valence-electron chi connectivity index (χ0n) is 15.1. The number of sulfonamides is 1. The van der Waals surface area contributed by atoms with Gasteiger partial charge in [0.1, 0.15) is 11.4 Å². The largest absolute Gasteiger partial charge is 0.497 e. The van der Waals surface area contributed by atoms with Crippen LogP contribution in [0, 0.1) is 0 Å². The van der Waals surface area contributed by atoms with Crippen molar-refractivity contribution in [2.75, 3.05) is 48.8 Å². The van der Waals surface area contributed by atoms with Crippen LogP contribution in [0.2, 0.25) is 0 Å². The highest BCUT2D eigenvalue weighted by molar-refractivity contribution is 7.92.